The maximum Gasteiger partial charge on any atom is 0.113 e. The molecule has 0 heterocycles. The van der Waals surface area contributed by atoms with Crippen LogP contribution in [0.15, 0.2) is 0 Å². The number of hydrogen-bond donors (Lipinski definition) is 4. The average molecular weight is 391 g/mol. The summed E-state index contributed by atoms with van der Waals surface area (Å²) in [6.45, 7) is 7.37. The van der Waals surface area contributed by atoms with Gasteiger partial charge in [0.2, 0.25) is 0 Å². The molecule has 4 unspecified atom stereocenters. The van der Waals surface area contributed by atoms with E-state index in [0.29, 0.717) is 0 Å². The number of unbranched alkanes of at least 4 members (excludes halogenated alkanes) is 6. The number of hydrogen-bond acceptors (Lipinski definition) is 5. The van der Waals surface area contributed by atoms with Gasteiger partial charge in [-0.2, -0.15) is 0 Å². The summed E-state index contributed by atoms with van der Waals surface area (Å²) in [7, 11) is 0. The van der Waals surface area contributed by atoms with Gasteiger partial charge in [0.15, 0.2) is 0 Å². The summed E-state index contributed by atoms with van der Waals surface area (Å²) >= 11 is 0. The van der Waals surface area contributed by atoms with Crippen molar-refractivity contribution in [2.24, 2.45) is 11.8 Å². The third kappa shape index (κ3) is 10.2. The van der Waals surface area contributed by atoms with E-state index in [9.17, 15) is 20.4 Å². The first-order valence-electron chi connectivity index (χ1n) is 11.0. The Morgan fingerprint density at radius 3 is 1.33 bits per heavy atom. The van der Waals surface area contributed by atoms with Crippen LogP contribution >= 0.6 is 0 Å². The number of rotatable bonds is 18. The van der Waals surface area contributed by atoms with Crippen molar-refractivity contribution in [3.8, 4) is 0 Å². The maximum absolute atomic E-state index is 10.7. The highest BCUT2D eigenvalue weighted by Gasteiger charge is 2.37. The molecular formula is C22H46O5. The van der Waals surface area contributed by atoms with Crippen LogP contribution in [0.3, 0.4) is 0 Å². The van der Waals surface area contributed by atoms with E-state index in [2.05, 4.69) is 13.8 Å². The van der Waals surface area contributed by atoms with Crippen LogP contribution in [-0.4, -0.2) is 58.1 Å². The molecule has 0 aliphatic carbocycles. The van der Waals surface area contributed by atoms with Gasteiger partial charge in [-0.15, -0.1) is 0 Å². The van der Waals surface area contributed by atoms with Crippen molar-refractivity contribution in [2.75, 3.05) is 26.4 Å². The topological polar surface area (TPSA) is 90.2 Å². The molecule has 5 heteroatoms. The summed E-state index contributed by atoms with van der Waals surface area (Å²) in [6, 6.07) is 0. The fraction of sp³-hybridized carbons (Fsp3) is 1.00. The molecule has 27 heavy (non-hydrogen) atoms. The first-order valence-corrected chi connectivity index (χ1v) is 11.0. The van der Waals surface area contributed by atoms with E-state index in [1.165, 1.54) is 12.8 Å². The molecule has 0 aliphatic rings. The van der Waals surface area contributed by atoms with Crippen LogP contribution in [0.5, 0.6) is 0 Å². The quantitative estimate of drug-likeness (QED) is 0.268. The molecule has 4 atom stereocenters. The minimum absolute atomic E-state index is 0.0384. The lowest BCUT2D eigenvalue weighted by molar-refractivity contribution is -0.155. The highest BCUT2D eigenvalue weighted by Crippen LogP contribution is 2.27. The van der Waals surface area contributed by atoms with Crippen LogP contribution in [0.4, 0.5) is 0 Å². The fourth-order valence-corrected chi connectivity index (χ4v) is 3.38. The number of aliphatic hydroxyl groups excluding tert-OH is 2. The molecule has 0 saturated heterocycles. The first kappa shape index (κ1) is 26.8. The van der Waals surface area contributed by atoms with Crippen LogP contribution in [-0.2, 0) is 4.74 Å². The van der Waals surface area contributed by atoms with E-state index >= 15 is 0 Å². The van der Waals surface area contributed by atoms with Gasteiger partial charge in [0.05, 0.1) is 26.4 Å². The molecule has 0 aromatic heterocycles. The van der Waals surface area contributed by atoms with Crippen LogP contribution in [0.2, 0.25) is 0 Å². The highest BCUT2D eigenvalue weighted by molar-refractivity contribution is 4.87. The van der Waals surface area contributed by atoms with Gasteiger partial charge in [-0.05, 0) is 24.7 Å². The first-order chi connectivity index (χ1) is 12.8. The summed E-state index contributed by atoms with van der Waals surface area (Å²) in [6.07, 6.45) is 10.7. The van der Waals surface area contributed by atoms with Crippen molar-refractivity contribution in [1.29, 1.82) is 0 Å². The van der Waals surface area contributed by atoms with Crippen LogP contribution < -0.4 is 0 Å². The third-order valence-electron chi connectivity index (χ3n) is 6.07. The Labute approximate surface area is 167 Å². The van der Waals surface area contributed by atoms with Gasteiger partial charge in [0, 0.05) is 0 Å². The smallest absolute Gasteiger partial charge is 0.113 e. The Hall–Kier alpha value is -0.200. The van der Waals surface area contributed by atoms with Crippen LogP contribution in [0.1, 0.15) is 91.9 Å². The van der Waals surface area contributed by atoms with Crippen molar-refractivity contribution in [3.63, 3.8) is 0 Å². The van der Waals surface area contributed by atoms with Gasteiger partial charge in [-0.1, -0.05) is 79.1 Å². The zero-order valence-corrected chi connectivity index (χ0v) is 18.3. The van der Waals surface area contributed by atoms with Crippen LogP contribution in [0, 0.1) is 11.8 Å². The number of aliphatic hydroxyl groups is 4. The summed E-state index contributed by atoms with van der Waals surface area (Å²) in [5, 5.41) is 40.8. The molecule has 0 aliphatic heterocycles. The standard InChI is InChI=1S/C22H46O5/c1-5-7-9-11-13-19(3)21(25,15-23)17-27-18-22(26,16-24)20(4)14-12-10-8-6-2/h19-20,23-26H,5-18H2,1-4H3. The normalized spacial score (nSPS) is 18.7. The van der Waals surface area contributed by atoms with Gasteiger partial charge < -0.3 is 25.2 Å². The maximum atomic E-state index is 10.7. The monoisotopic (exact) mass is 390 g/mol. The van der Waals surface area contributed by atoms with E-state index in [0.717, 1.165) is 51.4 Å². The lowest BCUT2D eigenvalue weighted by Gasteiger charge is -2.36. The summed E-state index contributed by atoms with van der Waals surface area (Å²) < 4.78 is 5.62. The molecule has 0 aromatic carbocycles. The Kier molecular flexibility index (Phi) is 14.6. The Morgan fingerprint density at radius 2 is 1.04 bits per heavy atom. The Morgan fingerprint density at radius 1 is 0.667 bits per heavy atom. The second-order valence-electron chi connectivity index (χ2n) is 8.52. The van der Waals surface area contributed by atoms with Gasteiger partial charge in [-0.3, -0.25) is 0 Å². The molecule has 4 N–H and O–H groups in total. The molecule has 0 rings (SSSR count). The molecule has 0 radical (unpaired) electrons. The summed E-state index contributed by atoms with van der Waals surface area (Å²) in [5.74, 6) is -0.180. The Balaban J connectivity index is 4.47. The SMILES string of the molecule is CCCCCCC(C)C(O)(CO)COCC(O)(CO)C(C)CCCCCC. The molecule has 0 bridgehead atoms. The van der Waals surface area contributed by atoms with Crippen molar-refractivity contribution >= 4 is 0 Å². The largest absolute Gasteiger partial charge is 0.393 e. The van der Waals surface area contributed by atoms with Gasteiger partial charge in [0.1, 0.15) is 11.2 Å². The minimum Gasteiger partial charge on any atom is -0.393 e. The Bertz CT molecular complexity index is 320. The molecule has 0 amide bonds. The van der Waals surface area contributed by atoms with Crippen molar-refractivity contribution < 1.29 is 25.2 Å². The average Bonchev–Trinajstić information content (AvgIpc) is 2.67. The van der Waals surface area contributed by atoms with Gasteiger partial charge in [0.25, 0.3) is 0 Å². The van der Waals surface area contributed by atoms with Crippen LogP contribution in [0.25, 0.3) is 0 Å². The zero-order valence-electron chi connectivity index (χ0n) is 18.3. The fourth-order valence-electron chi connectivity index (χ4n) is 3.38. The van der Waals surface area contributed by atoms with E-state index in [1.807, 2.05) is 13.8 Å². The molecule has 0 saturated carbocycles. The third-order valence-corrected chi connectivity index (χ3v) is 6.07. The van der Waals surface area contributed by atoms with Gasteiger partial charge in [-0.25, -0.2) is 0 Å². The molecule has 0 aromatic rings. The number of ether oxygens (including phenoxy) is 1. The minimum atomic E-state index is -1.31. The molecule has 0 spiro atoms. The van der Waals surface area contributed by atoms with E-state index < -0.39 is 11.2 Å². The predicted molar refractivity (Wildman–Crippen MR) is 111 cm³/mol. The molecule has 5 nitrogen and oxygen atoms in total. The lowest BCUT2D eigenvalue weighted by atomic mass is 9.85. The van der Waals surface area contributed by atoms with E-state index in [-0.39, 0.29) is 38.3 Å². The van der Waals surface area contributed by atoms with E-state index in [1.54, 1.807) is 0 Å². The van der Waals surface area contributed by atoms with Crippen molar-refractivity contribution in [2.45, 2.75) is 103 Å². The zero-order chi connectivity index (χ0) is 20.8. The van der Waals surface area contributed by atoms with Gasteiger partial charge >= 0.3 is 0 Å². The second kappa shape index (κ2) is 14.7. The van der Waals surface area contributed by atoms with Crippen molar-refractivity contribution in [3.05, 3.63) is 0 Å². The second-order valence-corrected chi connectivity index (χ2v) is 8.52. The molecular weight excluding hydrogens is 344 g/mol. The van der Waals surface area contributed by atoms with Crippen molar-refractivity contribution in [1.82, 2.24) is 0 Å². The molecule has 0 fully saturated rings. The predicted octanol–water partition coefficient (Wildman–Crippen LogP) is 3.66. The summed E-state index contributed by atoms with van der Waals surface area (Å²) in [5.41, 5.74) is -2.63. The highest BCUT2D eigenvalue weighted by atomic mass is 16.5. The summed E-state index contributed by atoms with van der Waals surface area (Å²) in [4.78, 5) is 0. The lowest BCUT2D eigenvalue weighted by Crippen LogP contribution is -2.49. The molecule has 164 valence electrons. The van der Waals surface area contributed by atoms with E-state index in [4.69, 9.17) is 4.74 Å².